The van der Waals surface area contributed by atoms with E-state index in [2.05, 4.69) is 15.9 Å². The van der Waals surface area contributed by atoms with Crippen LogP contribution in [0.25, 0.3) is 0 Å². The van der Waals surface area contributed by atoms with E-state index in [4.69, 9.17) is 11.6 Å². The molecule has 1 aromatic carbocycles. The van der Waals surface area contributed by atoms with Gasteiger partial charge in [-0.3, -0.25) is 4.79 Å². The average molecular weight is 331 g/mol. The molecule has 1 fully saturated rings. The van der Waals surface area contributed by atoms with Crippen molar-refractivity contribution in [3.8, 4) is 0 Å². The predicted octanol–water partition coefficient (Wildman–Crippen LogP) is 3.90. The molecular weight excluding hydrogens is 314 g/mol. The minimum absolute atomic E-state index is 0.131. The molecule has 1 heterocycles. The molecule has 2 rings (SSSR count). The monoisotopic (exact) mass is 329 g/mol. The Hall–Kier alpha value is -0.540. The summed E-state index contributed by atoms with van der Waals surface area (Å²) in [6.45, 7) is 3.68. The van der Waals surface area contributed by atoms with Gasteiger partial charge in [-0.25, -0.2) is 0 Å². The molecule has 1 saturated heterocycles. The largest absolute Gasteiger partial charge is 0.338 e. The molecule has 0 spiro atoms. The minimum atomic E-state index is 0.131. The van der Waals surface area contributed by atoms with E-state index in [0.717, 1.165) is 42.4 Å². The number of halogens is 2. The van der Waals surface area contributed by atoms with Gasteiger partial charge in [0.1, 0.15) is 0 Å². The van der Waals surface area contributed by atoms with Gasteiger partial charge < -0.3 is 4.90 Å². The second-order valence-electron chi connectivity index (χ2n) is 4.85. The molecule has 0 saturated carbocycles. The van der Waals surface area contributed by atoms with Crippen molar-refractivity contribution in [2.45, 2.75) is 19.8 Å². The average Bonchev–Trinajstić information content (AvgIpc) is 2.81. The Labute approximate surface area is 121 Å². The lowest BCUT2D eigenvalue weighted by atomic mass is 10.1. The smallest absolute Gasteiger partial charge is 0.253 e. The lowest BCUT2D eigenvalue weighted by molar-refractivity contribution is 0.0787. The fourth-order valence-electron chi connectivity index (χ4n) is 2.37. The molecule has 1 unspecified atom stereocenters. The van der Waals surface area contributed by atoms with Crippen LogP contribution in [0.15, 0.2) is 18.2 Å². The summed E-state index contributed by atoms with van der Waals surface area (Å²) < 4.78 is 0. The molecule has 1 aliphatic heterocycles. The van der Waals surface area contributed by atoms with Gasteiger partial charge in [0.05, 0.1) is 0 Å². The lowest BCUT2D eigenvalue weighted by Gasteiger charge is -2.17. The van der Waals surface area contributed by atoms with Crippen molar-refractivity contribution in [2.24, 2.45) is 5.92 Å². The van der Waals surface area contributed by atoms with Crippen LogP contribution in [0.1, 0.15) is 28.8 Å². The van der Waals surface area contributed by atoms with Crippen LogP contribution in [0.5, 0.6) is 0 Å². The minimum Gasteiger partial charge on any atom is -0.338 e. The highest BCUT2D eigenvalue weighted by Crippen LogP contribution is 2.23. The zero-order valence-electron chi connectivity index (χ0n) is 10.5. The van der Waals surface area contributed by atoms with Gasteiger partial charge in [0.2, 0.25) is 0 Å². The van der Waals surface area contributed by atoms with Gasteiger partial charge in [0.25, 0.3) is 5.91 Å². The summed E-state index contributed by atoms with van der Waals surface area (Å²) in [7, 11) is 0. The van der Waals surface area contributed by atoms with Crippen molar-refractivity contribution >= 4 is 33.4 Å². The summed E-state index contributed by atoms with van der Waals surface area (Å²) in [5, 5.41) is 1.73. The van der Waals surface area contributed by atoms with Crippen LogP contribution < -0.4 is 0 Å². The van der Waals surface area contributed by atoms with E-state index in [0.29, 0.717) is 10.9 Å². The number of aryl methyl sites for hydroxylation is 1. The molecule has 18 heavy (non-hydrogen) atoms. The zero-order chi connectivity index (χ0) is 13.1. The van der Waals surface area contributed by atoms with Gasteiger partial charge in [-0.1, -0.05) is 27.5 Å². The number of benzene rings is 1. The molecular formula is C14H17BrClNO. The number of amides is 1. The third-order valence-electron chi connectivity index (χ3n) is 3.50. The predicted molar refractivity (Wildman–Crippen MR) is 78.6 cm³/mol. The first-order valence-electron chi connectivity index (χ1n) is 6.23. The van der Waals surface area contributed by atoms with Crippen LogP contribution in [-0.2, 0) is 0 Å². The second-order valence-corrected chi connectivity index (χ2v) is 6.05. The molecule has 2 nitrogen and oxygen atoms in total. The van der Waals surface area contributed by atoms with E-state index in [1.54, 1.807) is 6.07 Å². The highest BCUT2D eigenvalue weighted by molar-refractivity contribution is 9.09. The number of likely N-dealkylation sites (tertiary alicyclic amines) is 1. The first-order chi connectivity index (χ1) is 8.61. The maximum atomic E-state index is 12.3. The van der Waals surface area contributed by atoms with Crippen LogP contribution in [0.4, 0.5) is 0 Å². The maximum absolute atomic E-state index is 12.3. The van der Waals surface area contributed by atoms with Crippen LogP contribution in [-0.4, -0.2) is 29.2 Å². The van der Waals surface area contributed by atoms with Crippen molar-refractivity contribution in [3.63, 3.8) is 0 Å². The molecule has 0 bridgehead atoms. The van der Waals surface area contributed by atoms with E-state index < -0.39 is 0 Å². The number of nitrogens with zero attached hydrogens (tertiary/aromatic N) is 1. The van der Waals surface area contributed by atoms with Crippen molar-refractivity contribution in [2.75, 3.05) is 18.4 Å². The highest BCUT2D eigenvalue weighted by atomic mass is 79.9. The van der Waals surface area contributed by atoms with Gasteiger partial charge in [-0.2, -0.15) is 0 Å². The molecule has 0 aromatic heterocycles. The SMILES string of the molecule is Cc1cc(C(=O)N2CCC(CCBr)C2)ccc1Cl. The summed E-state index contributed by atoms with van der Waals surface area (Å²) in [4.78, 5) is 14.3. The number of hydrogen-bond acceptors (Lipinski definition) is 1. The third-order valence-corrected chi connectivity index (χ3v) is 4.38. The quantitative estimate of drug-likeness (QED) is 0.770. The van der Waals surface area contributed by atoms with Gasteiger partial charge in [0.15, 0.2) is 0 Å². The van der Waals surface area contributed by atoms with Gasteiger partial charge in [-0.15, -0.1) is 0 Å². The third kappa shape index (κ3) is 3.07. The molecule has 98 valence electrons. The topological polar surface area (TPSA) is 20.3 Å². The number of rotatable bonds is 3. The molecule has 4 heteroatoms. The van der Waals surface area contributed by atoms with Crippen LogP contribution >= 0.6 is 27.5 Å². The first kappa shape index (κ1) is 13.9. The van der Waals surface area contributed by atoms with E-state index in [9.17, 15) is 4.79 Å². The van der Waals surface area contributed by atoms with E-state index >= 15 is 0 Å². The number of alkyl halides is 1. The molecule has 0 aliphatic carbocycles. The molecule has 0 N–H and O–H groups in total. The molecule has 1 atom stereocenters. The summed E-state index contributed by atoms with van der Waals surface area (Å²) in [5.74, 6) is 0.772. The van der Waals surface area contributed by atoms with E-state index in [-0.39, 0.29) is 5.91 Å². The summed E-state index contributed by atoms with van der Waals surface area (Å²) in [6, 6.07) is 5.49. The summed E-state index contributed by atoms with van der Waals surface area (Å²) in [6.07, 6.45) is 2.26. The number of hydrogen-bond donors (Lipinski definition) is 0. The number of carbonyl (C=O) groups is 1. The second kappa shape index (κ2) is 6.07. The Bertz CT molecular complexity index is 449. The summed E-state index contributed by atoms with van der Waals surface area (Å²) >= 11 is 9.44. The molecule has 1 aromatic rings. The van der Waals surface area contributed by atoms with E-state index in [1.807, 2.05) is 24.0 Å². The Kier molecular flexibility index (Phi) is 4.68. The van der Waals surface area contributed by atoms with Gasteiger partial charge >= 0.3 is 0 Å². The normalized spacial score (nSPS) is 19.3. The highest BCUT2D eigenvalue weighted by Gasteiger charge is 2.26. The van der Waals surface area contributed by atoms with Crippen molar-refractivity contribution in [1.29, 1.82) is 0 Å². The Morgan fingerprint density at radius 1 is 1.56 bits per heavy atom. The fourth-order valence-corrected chi connectivity index (χ4v) is 3.13. The molecule has 0 radical (unpaired) electrons. The van der Waals surface area contributed by atoms with Crippen molar-refractivity contribution in [3.05, 3.63) is 34.3 Å². The van der Waals surface area contributed by atoms with Gasteiger partial charge in [0, 0.05) is 29.0 Å². The van der Waals surface area contributed by atoms with Crippen LogP contribution in [0.2, 0.25) is 5.02 Å². The zero-order valence-corrected chi connectivity index (χ0v) is 12.8. The standard InChI is InChI=1S/C14H17BrClNO/c1-10-8-12(2-3-13(10)16)14(18)17-7-5-11(9-17)4-6-15/h2-3,8,11H,4-7,9H2,1H3. The Morgan fingerprint density at radius 3 is 3.00 bits per heavy atom. The Morgan fingerprint density at radius 2 is 2.33 bits per heavy atom. The molecule has 1 amide bonds. The maximum Gasteiger partial charge on any atom is 0.253 e. The first-order valence-corrected chi connectivity index (χ1v) is 7.73. The Balaban J connectivity index is 2.05. The molecule has 1 aliphatic rings. The fraction of sp³-hybridized carbons (Fsp3) is 0.500. The van der Waals surface area contributed by atoms with Crippen molar-refractivity contribution in [1.82, 2.24) is 4.90 Å². The van der Waals surface area contributed by atoms with Crippen LogP contribution in [0, 0.1) is 12.8 Å². The van der Waals surface area contributed by atoms with Crippen molar-refractivity contribution < 1.29 is 4.79 Å². The van der Waals surface area contributed by atoms with Gasteiger partial charge in [-0.05, 0) is 49.4 Å². The summed E-state index contributed by atoms with van der Waals surface area (Å²) in [5.41, 5.74) is 1.70. The number of carbonyl (C=O) groups excluding carboxylic acids is 1. The van der Waals surface area contributed by atoms with Crippen LogP contribution in [0.3, 0.4) is 0 Å². The lowest BCUT2D eigenvalue weighted by Crippen LogP contribution is -2.28. The van der Waals surface area contributed by atoms with E-state index in [1.165, 1.54) is 0 Å².